The normalized spacial score (nSPS) is 14.9. The molecule has 2 aromatic rings. The third-order valence-electron chi connectivity index (χ3n) is 3.51. The van der Waals surface area contributed by atoms with Crippen LogP contribution in [0.4, 0.5) is 0 Å². The quantitative estimate of drug-likeness (QED) is 0.186. The number of rotatable bonds is 5. The van der Waals surface area contributed by atoms with Crippen LogP contribution in [0, 0.1) is 7.14 Å². The van der Waals surface area contributed by atoms with E-state index in [9.17, 15) is 4.79 Å². The van der Waals surface area contributed by atoms with Crippen LogP contribution >= 0.6 is 56.8 Å². The Morgan fingerprint density at radius 3 is 2.59 bits per heavy atom. The SMILES string of the molecule is C=C(C)COc1c(I)cc(/C=C2\N=C(c3ccccc3Cl)OC2=O)cc1I. The summed E-state index contributed by atoms with van der Waals surface area (Å²) >= 11 is 10.6. The Balaban J connectivity index is 1.91. The standard InChI is InChI=1S/C20H14ClI2NO3/c1-11(2)10-26-18-15(22)7-12(8-16(18)23)9-17-20(25)27-19(24-17)13-5-3-4-6-14(13)21/h3-9H,1,10H2,2H3/b17-9-. The number of esters is 1. The van der Waals surface area contributed by atoms with E-state index in [4.69, 9.17) is 21.1 Å². The average Bonchev–Trinajstić information content (AvgIpc) is 2.94. The fourth-order valence-corrected chi connectivity index (χ4v) is 4.66. The molecule has 0 bridgehead atoms. The molecule has 0 unspecified atom stereocenters. The van der Waals surface area contributed by atoms with Gasteiger partial charge in [-0.2, -0.15) is 0 Å². The fraction of sp³-hybridized carbons (Fsp3) is 0.100. The van der Waals surface area contributed by atoms with Crippen LogP contribution in [0.15, 0.2) is 59.2 Å². The Morgan fingerprint density at radius 2 is 1.96 bits per heavy atom. The van der Waals surface area contributed by atoms with Crippen molar-refractivity contribution in [2.45, 2.75) is 6.92 Å². The van der Waals surface area contributed by atoms with Gasteiger partial charge in [0.05, 0.1) is 17.7 Å². The summed E-state index contributed by atoms with van der Waals surface area (Å²) in [5, 5.41) is 0.480. The highest BCUT2D eigenvalue weighted by Crippen LogP contribution is 2.31. The van der Waals surface area contributed by atoms with Crippen molar-refractivity contribution < 1.29 is 14.3 Å². The molecular formula is C20H14ClI2NO3. The first-order valence-electron chi connectivity index (χ1n) is 7.89. The van der Waals surface area contributed by atoms with Crippen LogP contribution in [-0.4, -0.2) is 18.5 Å². The number of nitrogens with zero attached hydrogens (tertiary/aromatic N) is 1. The van der Waals surface area contributed by atoms with E-state index in [0.717, 1.165) is 24.0 Å². The minimum absolute atomic E-state index is 0.211. The van der Waals surface area contributed by atoms with Gasteiger partial charge in [0.15, 0.2) is 5.70 Å². The molecule has 0 amide bonds. The lowest BCUT2D eigenvalue weighted by molar-refractivity contribution is -0.129. The molecule has 0 spiro atoms. The maximum atomic E-state index is 12.2. The second-order valence-electron chi connectivity index (χ2n) is 5.88. The van der Waals surface area contributed by atoms with Crippen LogP contribution in [0.3, 0.4) is 0 Å². The van der Waals surface area contributed by atoms with Crippen molar-refractivity contribution in [3.63, 3.8) is 0 Å². The molecule has 1 heterocycles. The zero-order valence-corrected chi connectivity index (χ0v) is 19.3. The summed E-state index contributed by atoms with van der Waals surface area (Å²) in [6, 6.07) is 11.0. The fourth-order valence-electron chi connectivity index (χ4n) is 2.31. The summed E-state index contributed by atoms with van der Waals surface area (Å²) in [4.78, 5) is 16.5. The van der Waals surface area contributed by atoms with Gasteiger partial charge in [0.1, 0.15) is 12.4 Å². The third kappa shape index (κ3) is 4.91. The molecule has 7 heteroatoms. The predicted octanol–water partition coefficient (Wildman–Crippen LogP) is 5.85. The molecule has 0 atom stereocenters. The van der Waals surface area contributed by atoms with Crippen molar-refractivity contribution in [3.05, 3.63) is 77.5 Å². The summed E-state index contributed by atoms with van der Waals surface area (Å²) in [7, 11) is 0. The molecule has 0 aromatic heterocycles. The van der Waals surface area contributed by atoms with Crippen LogP contribution in [0.2, 0.25) is 5.02 Å². The molecule has 0 radical (unpaired) electrons. The molecular weight excluding hydrogens is 591 g/mol. The number of carbonyl (C=O) groups is 1. The topological polar surface area (TPSA) is 47.9 Å². The second-order valence-corrected chi connectivity index (χ2v) is 8.61. The summed E-state index contributed by atoms with van der Waals surface area (Å²) in [6.45, 7) is 6.23. The number of benzene rings is 2. The molecule has 1 aliphatic heterocycles. The van der Waals surface area contributed by atoms with E-state index in [-0.39, 0.29) is 11.6 Å². The zero-order chi connectivity index (χ0) is 19.6. The maximum Gasteiger partial charge on any atom is 0.363 e. The van der Waals surface area contributed by atoms with E-state index < -0.39 is 5.97 Å². The third-order valence-corrected chi connectivity index (χ3v) is 5.44. The first-order valence-corrected chi connectivity index (χ1v) is 10.4. The van der Waals surface area contributed by atoms with Crippen LogP contribution < -0.4 is 4.74 Å². The van der Waals surface area contributed by atoms with E-state index in [0.29, 0.717) is 17.2 Å². The van der Waals surface area contributed by atoms with Crippen LogP contribution in [0.1, 0.15) is 18.1 Å². The molecule has 0 fully saturated rings. The van der Waals surface area contributed by atoms with Crippen LogP contribution in [-0.2, 0) is 9.53 Å². The molecule has 2 aromatic carbocycles. The maximum absolute atomic E-state index is 12.2. The number of cyclic esters (lactones) is 1. The monoisotopic (exact) mass is 605 g/mol. The lowest BCUT2D eigenvalue weighted by Gasteiger charge is -2.11. The van der Waals surface area contributed by atoms with Crippen molar-refractivity contribution in [2.75, 3.05) is 6.61 Å². The Kier molecular flexibility index (Phi) is 6.59. The van der Waals surface area contributed by atoms with Crippen molar-refractivity contribution in [1.29, 1.82) is 0 Å². The lowest BCUT2D eigenvalue weighted by Crippen LogP contribution is -2.05. The summed E-state index contributed by atoms with van der Waals surface area (Å²) in [5.41, 5.74) is 2.60. The van der Waals surface area contributed by atoms with Gasteiger partial charge < -0.3 is 9.47 Å². The number of aliphatic imine (C=N–C) groups is 1. The minimum Gasteiger partial charge on any atom is -0.487 e. The molecule has 4 nitrogen and oxygen atoms in total. The number of hydrogen-bond donors (Lipinski definition) is 0. The Hall–Kier alpha value is -1.39. The van der Waals surface area contributed by atoms with E-state index in [1.165, 1.54) is 0 Å². The predicted molar refractivity (Wildman–Crippen MR) is 124 cm³/mol. The smallest absolute Gasteiger partial charge is 0.363 e. The van der Waals surface area contributed by atoms with Gasteiger partial charge in [-0.25, -0.2) is 9.79 Å². The van der Waals surface area contributed by atoms with Gasteiger partial charge >= 0.3 is 5.97 Å². The van der Waals surface area contributed by atoms with Gasteiger partial charge in [0.25, 0.3) is 0 Å². The highest BCUT2D eigenvalue weighted by Gasteiger charge is 2.25. The highest BCUT2D eigenvalue weighted by molar-refractivity contribution is 14.1. The molecule has 3 rings (SSSR count). The van der Waals surface area contributed by atoms with Crippen molar-refractivity contribution in [1.82, 2.24) is 0 Å². The zero-order valence-electron chi connectivity index (χ0n) is 14.3. The molecule has 0 aliphatic carbocycles. The van der Waals surface area contributed by atoms with E-state index in [2.05, 4.69) is 56.8 Å². The first kappa shape index (κ1) is 20.3. The molecule has 1 aliphatic rings. The number of hydrogen-bond acceptors (Lipinski definition) is 4. The molecule has 0 saturated carbocycles. The highest BCUT2D eigenvalue weighted by atomic mass is 127. The van der Waals surface area contributed by atoms with Crippen LogP contribution in [0.25, 0.3) is 6.08 Å². The number of halogens is 3. The van der Waals surface area contributed by atoms with Gasteiger partial charge in [-0.15, -0.1) is 0 Å². The molecule has 0 N–H and O–H groups in total. The largest absolute Gasteiger partial charge is 0.487 e. The Morgan fingerprint density at radius 1 is 1.30 bits per heavy atom. The van der Waals surface area contributed by atoms with Gasteiger partial charge in [-0.1, -0.05) is 30.3 Å². The Bertz CT molecular complexity index is 975. The Labute approximate surface area is 189 Å². The van der Waals surface area contributed by atoms with Gasteiger partial charge in [-0.05, 0) is 93.6 Å². The van der Waals surface area contributed by atoms with E-state index in [1.54, 1.807) is 24.3 Å². The van der Waals surface area contributed by atoms with Crippen molar-refractivity contribution in [2.24, 2.45) is 4.99 Å². The van der Waals surface area contributed by atoms with Crippen LogP contribution in [0.5, 0.6) is 5.75 Å². The van der Waals surface area contributed by atoms with Crippen molar-refractivity contribution in [3.8, 4) is 5.75 Å². The van der Waals surface area contributed by atoms with E-state index in [1.807, 2.05) is 25.1 Å². The van der Waals surface area contributed by atoms with Gasteiger partial charge in [0, 0.05) is 0 Å². The molecule has 138 valence electrons. The first-order chi connectivity index (χ1) is 12.8. The molecule has 0 saturated heterocycles. The van der Waals surface area contributed by atoms with E-state index >= 15 is 0 Å². The summed E-state index contributed by atoms with van der Waals surface area (Å²) in [5.74, 6) is 0.510. The number of carbonyl (C=O) groups excluding carboxylic acids is 1. The summed E-state index contributed by atoms with van der Waals surface area (Å²) < 4.78 is 13.0. The number of ether oxygens (including phenoxy) is 2. The van der Waals surface area contributed by atoms with Gasteiger partial charge in [0.2, 0.25) is 5.90 Å². The molecule has 27 heavy (non-hydrogen) atoms. The lowest BCUT2D eigenvalue weighted by atomic mass is 10.2. The average molecular weight is 606 g/mol. The van der Waals surface area contributed by atoms with Gasteiger partial charge in [-0.3, -0.25) is 0 Å². The second kappa shape index (κ2) is 8.74. The summed E-state index contributed by atoms with van der Waals surface area (Å²) in [6.07, 6.45) is 1.69. The van der Waals surface area contributed by atoms with Crippen molar-refractivity contribution >= 4 is 74.7 Å². The minimum atomic E-state index is -0.502.